The lowest BCUT2D eigenvalue weighted by Gasteiger charge is -2.14. The van der Waals surface area contributed by atoms with Gasteiger partial charge in [0, 0.05) is 17.0 Å². The van der Waals surface area contributed by atoms with Gasteiger partial charge < -0.3 is 20.1 Å². The molecule has 0 aliphatic heterocycles. The lowest BCUT2D eigenvalue weighted by molar-refractivity contribution is -0.147. The van der Waals surface area contributed by atoms with Crippen LogP contribution in [0.4, 0.5) is 0 Å². The predicted molar refractivity (Wildman–Crippen MR) is 80.1 cm³/mol. The summed E-state index contributed by atoms with van der Waals surface area (Å²) in [4.78, 5) is 48.9. The molecule has 1 amide bonds. The zero-order chi connectivity index (χ0) is 17.0. The number of benzene rings is 1. The zero-order valence-corrected chi connectivity index (χ0v) is 12.2. The second-order valence-corrected chi connectivity index (χ2v) is 4.74. The van der Waals surface area contributed by atoms with Crippen molar-refractivity contribution in [3.63, 3.8) is 0 Å². The highest BCUT2D eigenvalue weighted by molar-refractivity contribution is 6.07. The third kappa shape index (κ3) is 3.73. The lowest BCUT2D eigenvalue weighted by atomic mass is 10.1. The highest BCUT2D eigenvalue weighted by atomic mass is 16.5. The van der Waals surface area contributed by atoms with Crippen molar-refractivity contribution in [3.05, 3.63) is 46.2 Å². The summed E-state index contributed by atoms with van der Waals surface area (Å²) in [5.41, 5.74) is -0.0147. The van der Waals surface area contributed by atoms with Crippen LogP contribution in [-0.2, 0) is 14.3 Å². The Morgan fingerprint density at radius 3 is 2.65 bits per heavy atom. The molecule has 0 fully saturated rings. The molecule has 2 aromatic rings. The summed E-state index contributed by atoms with van der Waals surface area (Å²) in [6.45, 7) is 0. The Bertz CT molecular complexity index is 826. The average molecular weight is 318 g/mol. The minimum Gasteiger partial charge on any atom is -0.480 e. The number of amides is 1. The van der Waals surface area contributed by atoms with E-state index in [1.54, 1.807) is 24.3 Å². The Morgan fingerprint density at radius 2 is 2.00 bits per heavy atom. The van der Waals surface area contributed by atoms with Gasteiger partial charge in [0.25, 0.3) is 5.91 Å². The van der Waals surface area contributed by atoms with E-state index in [0.29, 0.717) is 10.9 Å². The Labute approximate surface area is 130 Å². The van der Waals surface area contributed by atoms with E-state index in [2.05, 4.69) is 15.0 Å². The van der Waals surface area contributed by atoms with E-state index in [9.17, 15) is 19.2 Å². The highest BCUT2D eigenvalue weighted by Gasteiger charge is 2.25. The monoisotopic (exact) mass is 318 g/mol. The molecule has 0 aliphatic rings. The number of carboxylic acids is 1. The van der Waals surface area contributed by atoms with Crippen LogP contribution in [0.1, 0.15) is 16.8 Å². The number of carboxylic acid groups (broad SMARTS) is 1. The molecule has 0 bridgehead atoms. The third-order valence-electron chi connectivity index (χ3n) is 3.20. The summed E-state index contributed by atoms with van der Waals surface area (Å²) in [7, 11) is 1.12. The van der Waals surface area contributed by atoms with E-state index in [1.807, 2.05) is 0 Å². The van der Waals surface area contributed by atoms with Crippen LogP contribution in [0, 0.1) is 0 Å². The number of para-hydroxylation sites is 1. The minimum absolute atomic E-state index is 0.0282. The number of hydrogen-bond donors (Lipinski definition) is 3. The fraction of sp³-hybridized carbons (Fsp3) is 0.200. The molecule has 23 heavy (non-hydrogen) atoms. The largest absolute Gasteiger partial charge is 0.480 e. The maximum absolute atomic E-state index is 12.3. The Kier molecular flexibility index (Phi) is 4.75. The van der Waals surface area contributed by atoms with E-state index < -0.39 is 35.9 Å². The zero-order valence-electron chi connectivity index (χ0n) is 12.2. The molecule has 0 saturated heterocycles. The summed E-state index contributed by atoms with van der Waals surface area (Å²) in [5.74, 6) is -2.91. The van der Waals surface area contributed by atoms with Gasteiger partial charge in [0.1, 0.15) is 6.04 Å². The number of rotatable bonds is 5. The van der Waals surface area contributed by atoms with E-state index in [0.717, 1.165) is 13.2 Å². The maximum Gasteiger partial charge on any atom is 0.326 e. The number of aromatic amines is 1. The van der Waals surface area contributed by atoms with Crippen LogP contribution in [0.15, 0.2) is 35.1 Å². The number of esters is 1. The smallest absolute Gasteiger partial charge is 0.326 e. The Balaban J connectivity index is 2.34. The number of aliphatic carboxylic acids is 1. The van der Waals surface area contributed by atoms with Gasteiger partial charge in [-0.2, -0.15) is 0 Å². The van der Waals surface area contributed by atoms with Crippen molar-refractivity contribution in [1.29, 1.82) is 0 Å². The van der Waals surface area contributed by atoms with E-state index in [-0.39, 0.29) is 5.56 Å². The lowest BCUT2D eigenvalue weighted by Crippen LogP contribution is -2.42. The first kappa shape index (κ1) is 16.2. The van der Waals surface area contributed by atoms with Gasteiger partial charge in [-0.3, -0.25) is 14.4 Å². The molecule has 0 aliphatic carbocycles. The number of carbonyl (C=O) groups is 3. The molecule has 1 heterocycles. The summed E-state index contributed by atoms with van der Waals surface area (Å²) in [6.07, 6.45) is -0.515. The minimum atomic E-state index is -1.45. The van der Waals surface area contributed by atoms with Gasteiger partial charge >= 0.3 is 11.9 Å². The summed E-state index contributed by atoms with van der Waals surface area (Å²) in [5, 5.41) is 11.8. The number of aromatic nitrogens is 1. The van der Waals surface area contributed by atoms with Crippen molar-refractivity contribution in [2.75, 3.05) is 7.11 Å². The fourth-order valence-electron chi connectivity index (χ4n) is 2.08. The maximum atomic E-state index is 12.3. The molecule has 8 heteroatoms. The van der Waals surface area contributed by atoms with Crippen molar-refractivity contribution >= 4 is 28.7 Å². The molecular weight excluding hydrogens is 304 g/mol. The van der Waals surface area contributed by atoms with E-state index >= 15 is 0 Å². The van der Waals surface area contributed by atoms with Crippen molar-refractivity contribution in [2.45, 2.75) is 12.5 Å². The molecule has 0 radical (unpaired) electrons. The van der Waals surface area contributed by atoms with Gasteiger partial charge in [0.05, 0.1) is 19.1 Å². The van der Waals surface area contributed by atoms with Crippen LogP contribution in [0.2, 0.25) is 0 Å². The summed E-state index contributed by atoms with van der Waals surface area (Å²) >= 11 is 0. The van der Waals surface area contributed by atoms with E-state index in [4.69, 9.17) is 5.11 Å². The molecule has 2 rings (SSSR count). The molecule has 1 aromatic heterocycles. The van der Waals surface area contributed by atoms with Gasteiger partial charge in [0.2, 0.25) is 5.56 Å². The predicted octanol–water partition coefficient (Wildman–Crippen LogP) is 0.274. The average Bonchev–Trinajstić information content (AvgIpc) is 2.52. The van der Waals surface area contributed by atoms with Crippen LogP contribution in [-0.4, -0.2) is 41.1 Å². The normalized spacial score (nSPS) is 11.7. The molecule has 0 spiro atoms. The van der Waals surface area contributed by atoms with Crippen molar-refractivity contribution in [3.8, 4) is 0 Å². The van der Waals surface area contributed by atoms with Crippen molar-refractivity contribution in [2.24, 2.45) is 0 Å². The van der Waals surface area contributed by atoms with Crippen molar-refractivity contribution < 1.29 is 24.2 Å². The molecule has 3 N–H and O–H groups in total. The van der Waals surface area contributed by atoms with Crippen LogP contribution < -0.4 is 10.9 Å². The number of hydrogen-bond acceptors (Lipinski definition) is 5. The molecule has 1 aromatic carbocycles. The second-order valence-electron chi connectivity index (χ2n) is 4.74. The number of H-pyrrole nitrogens is 1. The molecule has 1 unspecified atom stereocenters. The first-order valence-electron chi connectivity index (χ1n) is 6.65. The van der Waals surface area contributed by atoms with Gasteiger partial charge in [-0.15, -0.1) is 0 Å². The van der Waals surface area contributed by atoms with Gasteiger partial charge in [-0.25, -0.2) is 4.79 Å². The van der Waals surface area contributed by atoms with Gasteiger partial charge in [0.15, 0.2) is 0 Å². The first-order valence-corrected chi connectivity index (χ1v) is 6.65. The van der Waals surface area contributed by atoms with Crippen LogP contribution >= 0.6 is 0 Å². The highest BCUT2D eigenvalue weighted by Crippen LogP contribution is 2.14. The number of methoxy groups -OCH3 is 1. The number of fused-ring (bicyclic) bond motifs is 1. The van der Waals surface area contributed by atoms with Crippen LogP contribution in [0.25, 0.3) is 10.9 Å². The second kappa shape index (κ2) is 6.73. The Hall–Kier alpha value is -3.16. The molecule has 0 saturated carbocycles. The topological polar surface area (TPSA) is 126 Å². The molecule has 120 valence electrons. The molecular formula is C15H14N2O6. The van der Waals surface area contributed by atoms with Gasteiger partial charge in [-0.1, -0.05) is 18.2 Å². The quantitative estimate of drug-likeness (QED) is 0.680. The molecule has 1 atom stereocenters. The number of pyridine rings is 1. The summed E-state index contributed by atoms with van der Waals surface area (Å²) in [6, 6.07) is 6.24. The van der Waals surface area contributed by atoms with Crippen LogP contribution in [0.5, 0.6) is 0 Å². The standard InChI is InChI=1S/C15H14N2O6/c1-23-13(19)7-11(15(21)22)17-14(20)9-6-12(18)16-10-5-3-2-4-8(9)10/h2-6,11H,7H2,1H3,(H,16,18)(H,17,20)(H,21,22). The Morgan fingerprint density at radius 1 is 1.30 bits per heavy atom. The third-order valence-corrected chi connectivity index (χ3v) is 3.20. The summed E-state index contributed by atoms with van der Waals surface area (Å²) < 4.78 is 4.40. The van der Waals surface area contributed by atoms with Crippen LogP contribution in [0.3, 0.4) is 0 Å². The SMILES string of the molecule is COC(=O)CC(NC(=O)c1cc(=O)[nH]c2ccccc12)C(=O)O. The van der Waals surface area contributed by atoms with E-state index in [1.165, 1.54) is 0 Å². The van der Waals surface area contributed by atoms with Gasteiger partial charge in [-0.05, 0) is 6.07 Å². The number of carbonyl (C=O) groups excluding carboxylic acids is 2. The fourth-order valence-corrected chi connectivity index (χ4v) is 2.08. The van der Waals surface area contributed by atoms with Crippen molar-refractivity contribution in [1.82, 2.24) is 10.3 Å². The first-order chi connectivity index (χ1) is 10.9. The number of nitrogens with one attached hydrogen (secondary N) is 2. The molecule has 8 nitrogen and oxygen atoms in total. The number of ether oxygens (including phenoxy) is 1.